The fourth-order valence-electron chi connectivity index (χ4n) is 5.69. The molecule has 1 aliphatic heterocycles. The first-order valence-corrected chi connectivity index (χ1v) is 13.0. The largest absolute Gasteiger partial charge is 0.378 e. The van der Waals surface area contributed by atoms with E-state index in [1.807, 2.05) is 7.11 Å². The van der Waals surface area contributed by atoms with E-state index in [9.17, 15) is 4.79 Å². The molecule has 0 bridgehead atoms. The van der Waals surface area contributed by atoms with Crippen molar-refractivity contribution < 1.29 is 9.53 Å². The molecule has 1 amide bonds. The van der Waals surface area contributed by atoms with Gasteiger partial charge in [-0.15, -0.1) is 11.3 Å². The molecule has 1 aromatic heterocycles. The molecule has 1 saturated heterocycles. The lowest BCUT2D eigenvalue weighted by Crippen LogP contribution is -2.49. The van der Waals surface area contributed by atoms with Gasteiger partial charge in [-0.2, -0.15) is 0 Å². The molecule has 1 N–H and O–H groups in total. The van der Waals surface area contributed by atoms with Crippen LogP contribution < -0.4 is 5.32 Å². The number of thiophene rings is 1. The van der Waals surface area contributed by atoms with Crippen molar-refractivity contribution in [2.24, 2.45) is 5.41 Å². The van der Waals surface area contributed by atoms with Gasteiger partial charge in [0, 0.05) is 43.6 Å². The summed E-state index contributed by atoms with van der Waals surface area (Å²) in [5.74, 6) is 0.156. The number of amides is 1. The van der Waals surface area contributed by atoms with Gasteiger partial charge in [0.2, 0.25) is 0 Å². The van der Waals surface area contributed by atoms with E-state index in [1.54, 1.807) is 11.3 Å². The van der Waals surface area contributed by atoms with Crippen molar-refractivity contribution in [2.45, 2.75) is 89.6 Å². The minimum absolute atomic E-state index is 0.0452. The minimum Gasteiger partial charge on any atom is -0.378 e. The van der Waals surface area contributed by atoms with Crippen molar-refractivity contribution in [3.8, 4) is 0 Å². The molecule has 0 unspecified atom stereocenters. The molecule has 0 spiro atoms. The highest BCUT2D eigenvalue weighted by Crippen LogP contribution is 2.40. The summed E-state index contributed by atoms with van der Waals surface area (Å²) in [5, 5.41) is 3.36. The summed E-state index contributed by atoms with van der Waals surface area (Å²) in [6.45, 7) is 6.40. The molecule has 1 saturated carbocycles. The lowest BCUT2D eigenvalue weighted by Gasteiger charge is -2.42. The fraction of sp³-hybridized carbons (Fsp3) is 0.800. The second-order valence-electron chi connectivity index (χ2n) is 10.3. The van der Waals surface area contributed by atoms with Crippen molar-refractivity contribution in [1.82, 2.24) is 10.2 Å². The van der Waals surface area contributed by atoms with Gasteiger partial charge in [-0.25, -0.2) is 0 Å². The number of ether oxygens (including phenoxy) is 1. The second-order valence-corrected chi connectivity index (χ2v) is 11.4. The standard InChI is InChI=1S/C25H40N2O2S/c1-24(29-2)13-15-27(16-14-24)19-25(11-7-8-12-25)18-26-23(28)22-17-20-9-5-3-4-6-10-21(20)30-22/h17H,3-16,18-19H2,1-2H3,(H,26,28). The van der Waals surface area contributed by atoms with Crippen molar-refractivity contribution in [3.63, 3.8) is 0 Å². The molecule has 2 heterocycles. The number of carbonyl (C=O) groups excluding carboxylic acids is 1. The summed E-state index contributed by atoms with van der Waals surface area (Å²) in [4.78, 5) is 18.0. The average molecular weight is 433 g/mol. The zero-order valence-corrected chi connectivity index (χ0v) is 19.9. The normalized spacial score (nSPS) is 24.1. The SMILES string of the molecule is COC1(C)CCN(CC2(CNC(=O)c3cc4c(s3)CCCCCC4)CCCC2)CC1. The van der Waals surface area contributed by atoms with Crippen LogP contribution in [0.1, 0.15) is 91.2 Å². The van der Waals surface area contributed by atoms with Crippen LogP contribution in [0, 0.1) is 5.41 Å². The lowest BCUT2D eigenvalue weighted by molar-refractivity contribution is -0.0488. The van der Waals surface area contributed by atoms with Crippen LogP contribution in [0.5, 0.6) is 0 Å². The first-order valence-electron chi connectivity index (χ1n) is 12.2. The number of fused-ring (bicyclic) bond motifs is 1. The summed E-state index contributed by atoms with van der Waals surface area (Å²) in [5.41, 5.74) is 1.74. The van der Waals surface area contributed by atoms with E-state index in [4.69, 9.17) is 4.74 Å². The molecule has 0 atom stereocenters. The van der Waals surface area contributed by atoms with Gasteiger partial charge in [-0.1, -0.05) is 25.7 Å². The zero-order valence-electron chi connectivity index (χ0n) is 19.1. The van der Waals surface area contributed by atoms with Crippen molar-refractivity contribution in [3.05, 3.63) is 21.4 Å². The number of nitrogens with one attached hydrogen (secondary N) is 1. The third-order valence-corrected chi connectivity index (χ3v) is 9.21. The summed E-state index contributed by atoms with van der Waals surface area (Å²) >= 11 is 1.75. The van der Waals surface area contributed by atoms with Crippen LogP contribution in [-0.4, -0.2) is 49.7 Å². The molecular weight excluding hydrogens is 392 g/mol. The molecule has 1 aromatic rings. The van der Waals surface area contributed by atoms with Crippen LogP contribution in [0.15, 0.2) is 6.07 Å². The maximum atomic E-state index is 13.0. The van der Waals surface area contributed by atoms with E-state index in [0.717, 1.165) is 56.7 Å². The van der Waals surface area contributed by atoms with Crippen LogP contribution >= 0.6 is 11.3 Å². The van der Waals surface area contributed by atoms with Crippen molar-refractivity contribution >= 4 is 17.2 Å². The Morgan fingerprint density at radius 2 is 1.77 bits per heavy atom. The quantitative estimate of drug-likeness (QED) is 0.672. The van der Waals surface area contributed by atoms with Gasteiger partial charge in [0.1, 0.15) is 0 Å². The first-order chi connectivity index (χ1) is 14.5. The second kappa shape index (κ2) is 9.70. The Morgan fingerprint density at radius 3 is 2.47 bits per heavy atom. The van der Waals surface area contributed by atoms with E-state index in [1.165, 1.54) is 61.8 Å². The maximum Gasteiger partial charge on any atom is 0.261 e. The predicted molar refractivity (Wildman–Crippen MR) is 125 cm³/mol. The summed E-state index contributed by atoms with van der Waals surface area (Å²) in [6, 6.07) is 2.19. The zero-order chi connectivity index (χ0) is 21.0. The molecule has 2 fully saturated rings. The number of likely N-dealkylation sites (tertiary alicyclic amines) is 1. The van der Waals surface area contributed by atoms with Gasteiger partial charge in [0.15, 0.2) is 0 Å². The van der Waals surface area contributed by atoms with Crippen LogP contribution in [-0.2, 0) is 17.6 Å². The topological polar surface area (TPSA) is 41.6 Å². The van der Waals surface area contributed by atoms with Crippen LogP contribution in [0.3, 0.4) is 0 Å². The molecular formula is C25H40N2O2S. The van der Waals surface area contributed by atoms with E-state index >= 15 is 0 Å². The molecule has 30 heavy (non-hydrogen) atoms. The highest BCUT2D eigenvalue weighted by atomic mass is 32.1. The number of aryl methyl sites for hydroxylation is 2. The summed E-state index contributed by atoms with van der Waals surface area (Å²) in [6.07, 6.45) is 14.8. The van der Waals surface area contributed by atoms with Crippen LogP contribution in [0.2, 0.25) is 0 Å². The molecule has 3 aliphatic rings. The van der Waals surface area contributed by atoms with E-state index in [-0.39, 0.29) is 16.9 Å². The number of piperidine rings is 1. The maximum absolute atomic E-state index is 13.0. The van der Waals surface area contributed by atoms with Gasteiger partial charge in [0.25, 0.3) is 5.91 Å². The Hall–Kier alpha value is -0.910. The highest BCUT2D eigenvalue weighted by Gasteiger charge is 2.38. The van der Waals surface area contributed by atoms with E-state index in [0.29, 0.717) is 0 Å². The minimum atomic E-state index is 0.0452. The molecule has 4 rings (SSSR count). The molecule has 168 valence electrons. The summed E-state index contributed by atoms with van der Waals surface area (Å²) < 4.78 is 5.72. The van der Waals surface area contributed by atoms with Crippen LogP contribution in [0.25, 0.3) is 0 Å². The molecule has 4 nitrogen and oxygen atoms in total. The monoisotopic (exact) mass is 432 g/mol. The van der Waals surface area contributed by atoms with Crippen molar-refractivity contribution in [2.75, 3.05) is 33.3 Å². The third kappa shape index (κ3) is 5.28. The fourth-order valence-corrected chi connectivity index (χ4v) is 6.86. The Labute approximate surface area is 186 Å². The van der Waals surface area contributed by atoms with Crippen molar-refractivity contribution in [1.29, 1.82) is 0 Å². The highest BCUT2D eigenvalue weighted by molar-refractivity contribution is 7.14. The molecule has 0 aromatic carbocycles. The van der Waals surface area contributed by atoms with Gasteiger partial charge < -0.3 is 15.0 Å². The number of rotatable bonds is 6. The first kappa shape index (κ1) is 22.3. The summed E-state index contributed by atoms with van der Waals surface area (Å²) in [7, 11) is 1.84. The Balaban J connectivity index is 1.35. The van der Waals surface area contributed by atoms with Gasteiger partial charge in [-0.05, 0) is 69.9 Å². The van der Waals surface area contributed by atoms with Crippen LogP contribution in [0.4, 0.5) is 0 Å². The predicted octanol–water partition coefficient (Wildman–Crippen LogP) is 5.20. The van der Waals surface area contributed by atoms with Gasteiger partial charge in [0.05, 0.1) is 10.5 Å². The van der Waals surface area contributed by atoms with Gasteiger partial charge in [-0.3, -0.25) is 4.79 Å². The molecule has 5 heteroatoms. The third-order valence-electron chi connectivity index (χ3n) is 7.97. The Morgan fingerprint density at radius 1 is 1.07 bits per heavy atom. The number of hydrogen-bond acceptors (Lipinski definition) is 4. The number of nitrogens with zero attached hydrogens (tertiary/aromatic N) is 1. The van der Waals surface area contributed by atoms with E-state index in [2.05, 4.69) is 23.2 Å². The number of methoxy groups -OCH3 is 1. The Kier molecular flexibility index (Phi) is 7.21. The lowest BCUT2D eigenvalue weighted by atomic mass is 9.83. The number of carbonyl (C=O) groups is 1. The smallest absolute Gasteiger partial charge is 0.261 e. The molecule has 2 aliphatic carbocycles. The van der Waals surface area contributed by atoms with Gasteiger partial charge >= 0.3 is 0 Å². The molecule has 0 radical (unpaired) electrons. The average Bonchev–Trinajstić information content (AvgIpc) is 3.36. The number of hydrogen-bond donors (Lipinski definition) is 1. The Bertz CT molecular complexity index is 689. The van der Waals surface area contributed by atoms with E-state index < -0.39 is 0 Å².